The van der Waals surface area contributed by atoms with E-state index in [1.54, 1.807) is 28.3 Å². The molecule has 224 valence electrons. The molecule has 2 saturated heterocycles. The quantitative estimate of drug-likeness (QED) is 0.463. The van der Waals surface area contributed by atoms with Crippen molar-refractivity contribution in [3.63, 3.8) is 0 Å². The Morgan fingerprint density at radius 3 is 2.64 bits per heavy atom. The van der Waals surface area contributed by atoms with Gasteiger partial charge in [-0.05, 0) is 38.0 Å². The van der Waals surface area contributed by atoms with Crippen molar-refractivity contribution < 1.29 is 27.9 Å². The number of rotatable bonds is 8. The zero-order valence-corrected chi connectivity index (χ0v) is 25.0. The van der Waals surface area contributed by atoms with E-state index in [-0.39, 0.29) is 48.0 Å². The summed E-state index contributed by atoms with van der Waals surface area (Å²) in [6, 6.07) is 0.368. The number of piperazine rings is 1. The van der Waals surface area contributed by atoms with Crippen LogP contribution in [0.3, 0.4) is 0 Å². The number of ketones is 1. The summed E-state index contributed by atoms with van der Waals surface area (Å²) in [6.07, 6.45) is 1.90. The normalized spacial score (nSPS) is 22.8. The van der Waals surface area contributed by atoms with Gasteiger partial charge < -0.3 is 19.9 Å². The van der Waals surface area contributed by atoms with Crippen LogP contribution >= 0.6 is 11.3 Å². The van der Waals surface area contributed by atoms with E-state index >= 15 is 0 Å². The molecule has 3 aliphatic heterocycles. The second-order valence-electron chi connectivity index (χ2n) is 10.8. The van der Waals surface area contributed by atoms with Crippen LogP contribution in [0.1, 0.15) is 49.4 Å². The lowest BCUT2D eigenvalue weighted by molar-refractivity contribution is -0.136. The Bertz CT molecular complexity index is 1460. The van der Waals surface area contributed by atoms with Gasteiger partial charge >= 0.3 is 12.0 Å². The number of aliphatic imine (C=N–C) groups is 1. The number of aromatic nitrogens is 1. The lowest BCUT2D eigenvalue weighted by Gasteiger charge is -2.43. The van der Waals surface area contributed by atoms with Crippen LogP contribution < -0.4 is 5.32 Å². The van der Waals surface area contributed by atoms with Gasteiger partial charge in [-0.25, -0.2) is 23.4 Å². The van der Waals surface area contributed by atoms with E-state index in [1.165, 1.54) is 31.4 Å². The van der Waals surface area contributed by atoms with E-state index in [2.05, 4.69) is 10.3 Å². The first-order chi connectivity index (χ1) is 20.1. The molecule has 4 heterocycles. The third-order valence-corrected chi connectivity index (χ3v) is 8.95. The number of hydrogen-bond acceptors (Lipinski definition) is 9. The van der Waals surface area contributed by atoms with E-state index < -0.39 is 29.7 Å². The molecule has 0 aliphatic carbocycles. The second kappa shape index (κ2) is 11.9. The number of carbonyl (C=O) groups is 3. The Labute approximate surface area is 247 Å². The number of benzene rings is 1. The number of nitrogens with zero attached hydrogens (tertiary/aromatic N) is 5. The number of carbonyl (C=O) groups excluding carboxylic acids is 3. The molecule has 5 rings (SSSR count). The van der Waals surface area contributed by atoms with Gasteiger partial charge in [0, 0.05) is 55.9 Å². The maximum absolute atomic E-state index is 14.8. The number of nitrogens with one attached hydrogen (secondary N) is 1. The van der Waals surface area contributed by atoms with Crippen LogP contribution in [0.25, 0.3) is 0 Å². The zero-order valence-electron chi connectivity index (χ0n) is 24.2. The molecule has 13 heteroatoms. The Hall–Kier alpha value is -3.71. The van der Waals surface area contributed by atoms with Gasteiger partial charge in [0.2, 0.25) is 0 Å². The number of esters is 1. The van der Waals surface area contributed by atoms with E-state index in [0.717, 1.165) is 6.07 Å². The minimum absolute atomic E-state index is 0.0130. The average molecular weight is 601 g/mol. The van der Waals surface area contributed by atoms with Crippen LogP contribution in [0.5, 0.6) is 0 Å². The summed E-state index contributed by atoms with van der Waals surface area (Å²) in [7, 11) is 1.25. The lowest BCUT2D eigenvalue weighted by atomic mass is 9.91. The van der Waals surface area contributed by atoms with Crippen LogP contribution in [-0.2, 0) is 14.3 Å². The van der Waals surface area contributed by atoms with Crippen LogP contribution in [0.2, 0.25) is 0 Å². The Morgan fingerprint density at radius 2 is 2.00 bits per heavy atom. The SMILES string of the molecule is CCC(=O)[C@@H]1[C@H]2CN(C(C)C)C(=O)N2CCN1CC1=C(C(=O)OC)[C@H](c2ccc(F)c(F)c2C)N=C(c2nccs2)N1. The molecular weight excluding hydrogens is 566 g/mol. The van der Waals surface area contributed by atoms with Crippen molar-refractivity contribution in [2.24, 2.45) is 4.99 Å². The fourth-order valence-corrected chi connectivity index (χ4v) is 6.57. The van der Waals surface area contributed by atoms with Crippen molar-refractivity contribution in [2.75, 3.05) is 33.3 Å². The summed E-state index contributed by atoms with van der Waals surface area (Å²) in [5.74, 6) is -2.36. The second-order valence-corrected chi connectivity index (χ2v) is 11.7. The summed E-state index contributed by atoms with van der Waals surface area (Å²) in [5, 5.41) is 5.58. The molecule has 0 spiro atoms. The first kappa shape index (κ1) is 29.8. The third kappa shape index (κ3) is 5.19. The molecule has 0 saturated carbocycles. The van der Waals surface area contributed by atoms with E-state index in [9.17, 15) is 23.2 Å². The Morgan fingerprint density at radius 1 is 1.24 bits per heavy atom. The van der Waals surface area contributed by atoms with Crippen molar-refractivity contribution >= 4 is 35.0 Å². The van der Waals surface area contributed by atoms with Crippen LogP contribution in [-0.4, -0.2) is 94.7 Å². The van der Waals surface area contributed by atoms with Gasteiger partial charge in [-0.15, -0.1) is 11.3 Å². The fourth-order valence-electron chi connectivity index (χ4n) is 5.98. The summed E-state index contributed by atoms with van der Waals surface area (Å²) in [6.45, 7) is 8.49. The standard InChI is InChI=1S/C29H34F2N6O4S/c1-6-21(38)25-20-14-37(15(2)3)29(40)36(20)11-10-35(25)13-19-22(28(39)41-5)24(17-7-8-18(30)23(31)16(17)4)34-26(33-19)27-32-9-12-42-27/h7-9,12,15,20,24-25H,6,10-11,13-14H2,1-5H3,(H,33,34)/t20-,24+,25+/m1/s1. The highest BCUT2D eigenvalue weighted by atomic mass is 32.1. The monoisotopic (exact) mass is 600 g/mol. The first-order valence-electron chi connectivity index (χ1n) is 13.9. The molecule has 3 atom stereocenters. The van der Waals surface area contributed by atoms with Crippen LogP contribution in [0.4, 0.5) is 13.6 Å². The van der Waals surface area contributed by atoms with Gasteiger partial charge in [-0.2, -0.15) is 0 Å². The average Bonchev–Trinajstić information content (AvgIpc) is 3.63. The molecule has 2 fully saturated rings. The molecule has 0 bridgehead atoms. The Kier molecular flexibility index (Phi) is 8.42. The van der Waals surface area contributed by atoms with Crippen molar-refractivity contribution in [1.82, 2.24) is 25.0 Å². The van der Waals surface area contributed by atoms with Crippen molar-refractivity contribution in [2.45, 2.75) is 58.3 Å². The maximum atomic E-state index is 14.8. The predicted molar refractivity (Wildman–Crippen MR) is 153 cm³/mol. The van der Waals surface area contributed by atoms with Crippen LogP contribution in [0.15, 0.2) is 40.0 Å². The number of thiazole rings is 1. The Balaban J connectivity index is 1.60. The zero-order chi connectivity index (χ0) is 30.3. The maximum Gasteiger partial charge on any atom is 0.338 e. The number of amidine groups is 1. The first-order valence-corrected chi connectivity index (χ1v) is 14.8. The highest BCUT2D eigenvalue weighted by Crippen LogP contribution is 2.37. The van der Waals surface area contributed by atoms with E-state index in [0.29, 0.717) is 41.7 Å². The van der Waals surface area contributed by atoms with Gasteiger partial charge in [0.05, 0.1) is 24.8 Å². The number of hydrogen-bond donors (Lipinski definition) is 1. The molecule has 42 heavy (non-hydrogen) atoms. The van der Waals surface area contributed by atoms with Gasteiger partial charge in [-0.1, -0.05) is 13.0 Å². The molecule has 10 nitrogen and oxygen atoms in total. The highest BCUT2D eigenvalue weighted by molar-refractivity contribution is 7.11. The molecule has 0 unspecified atom stereocenters. The summed E-state index contributed by atoms with van der Waals surface area (Å²) in [4.78, 5) is 54.6. The van der Waals surface area contributed by atoms with Crippen molar-refractivity contribution in [3.8, 4) is 0 Å². The number of Topliss-reactive ketones (excluding diaryl/α,β-unsaturated/α-hetero) is 1. The molecule has 1 aromatic heterocycles. The van der Waals surface area contributed by atoms with Crippen molar-refractivity contribution in [3.05, 3.63) is 62.7 Å². The summed E-state index contributed by atoms with van der Waals surface area (Å²) < 4.78 is 34.0. The molecule has 3 aliphatic rings. The number of halogens is 2. The lowest BCUT2D eigenvalue weighted by Crippen LogP contribution is -2.62. The smallest absolute Gasteiger partial charge is 0.338 e. The molecule has 1 aromatic carbocycles. The molecule has 1 N–H and O–H groups in total. The van der Waals surface area contributed by atoms with Crippen molar-refractivity contribution in [1.29, 1.82) is 0 Å². The molecule has 0 radical (unpaired) electrons. The minimum Gasteiger partial charge on any atom is -0.466 e. The van der Waals surface area contributed by atoms with Gasteiger partial charge in [0.15, 0.2) is 28.3 Å². The third-order valence-electron chi connectivity index (χ3n) is 8.17. The molecular formula is C29H34F2N6O4S. The summed E-state index contributed by atoms with van der Waals surface area (Å²) >= 11 is 1.33. The van der Waals surface area contributed by atoms with Crippen LogP contribution in [0, 0.1) is 18.6 Å². The van der Waals surface area contributed by atoms with E-state index in [4.69, 9.17) is 9.73 Å². The van der Waals surface area contributed by atoms with E-state index in [1.807, 2.05) is 18.7 Å². The number of fused-ring (bicyclic) bond motifs is 1. The number of amides is 2. The fraction of sp³-hybridized carbons (Fsp3) is 0.483. The molecule has 2 amide bonds. The predicted octanol–water partition coefficient (Wildman–Crippen LogP) is 3.43. The number of ether oxygens (including phenoxy) is 1. The summed E-state index contributed by atoms with van der Waals surface area (Å²) in [5.41, 5.74) is 0.880. The largest absolute Gasteiger partial charge is 0.466 e. The van der Waals surface area contributed by atoms with Gasteiger partial charge in [0.1, 0.15) is 6.04 Å². The highest BCUT2D eigenvalue weighted by Gasteiger charge is 2.49. The minimum atomic E-state index is -1.02. The van der Waals surface area contributed by atoms with Gasteiger partial charge in [-0.3, -0.25) is 14.7 Å². The molecule has 2 aromatic rings. The number of methoxy groups -OCH3 is 1. The topological polar surface area (TPSA) is 107 Å². The number of urea groups is 1. The van der Waals surface area contributed by atoms with Gasteiger partial charge in [0.25, 0.3) is 0 Å².